The molecule has 0 spiro atoms. The quantitative estimate of drug-likeness (QED) is 0.0178. The van der Waals surface area contributed by atoms with E-state index in [1.54, 1.807) is 12.5 Å². The molecule has 0 bridgehead atoms. The van der Waals surface area contributed by atoms with Gasteiger partial charge in [-0.05, 0) is 140 Å². The largest absolute Gasteiger partial charge is 0.370 e. The second-order valence-corrected chi connectivity index (χ2v) is 23.1. The molecule has 8 unspecified atom stereocenters. The molecule has 1 aromatic heterocycles. The standard InChI is InChI=1S/C56H96N18O11S2/c1-34(75)32-87-33-37(60)49(79)65-28-22-47(77)68-40(20-13-27-66-56(63)64)50(80)70-41(17-5-6-21-46(61)76)52(82)73-44(23-29-86-2)54(84)71-43(19-9-12-26-59)53(83)74-45(30-35-31-67-38-15-4-3-14-36(35)38)55(85)72-42(18-8-11-25-58)51(81)69-39(48(62)78)16-7-10-24-57/h3-4,14-15,31,37,39-45,67H,5-13,16-30,32-33,57-60H2,1-2H3,(H2,61,76)(H2,62,78)(H,65,79)(H,68,77)(H,69,81)(H,70,80)(H,71,84)(H,72,85)(H,73,82)(H,74,83)(H4,63,64,66). The van der Waals surface area contributed by atoms with Gasteiger partial charge in [0.25, 0.3) is 0 Å². The second kappa shape index (κ2) is 43.5. The van der Waals surface area contributed by atoms with Crippen LogP contribution < -0.4 is 88.4 Å². The number of primary amides is 2. The number of aliphatic imine (C=N–C) groups is 1. The Balaban J connectivity index is 2.52. The van der Waals surface area contributed by atoms with Crippen LogP contribution in [0.3, 0.4) is 0 Å². The molecular weight excluding hydrogens is 1160 g/mol. The number of carbonyl (C=O) groups is 11. The fraction of sp³-hybridized carbons (Fsp3) is 0.643. The third-order valence-electron chi connectivity index (χ3n) is 13.7. The average Bonchev–Trinajstić information content (AvgIpc) is 2.58. The molecule has 31 heteroatoms. The van der Waals surface area contributed by atoms with Crippen molar-refractivity contribution < 1.29 is 52.7 Å². The molecule has 0 aliphatic rings. The van der Waals surface area contributed by atoms with E-state index in [0.717, 1.165) is 10.9 Å². The number of nitrogens with one attached hydrogen (secondary N) is 9. The van der Waals surface area contributed by atoms with Crippen LogP contribution in [0, 0.1) is 0 Å². The summed E-state index contributed by atoms with van der Waals surface area (Å²) in [4.78, 5) is 155. The van der Waals surface area contributed by atoms with E-state index in [1.807, 2.05) is 24.3 Å². The number of rotatable bonds is 48. The van der Waals surface area contributed by atoms with Crippen molar-refractivity contribution in [2.45, 2.75) is 171 Å². The fourth-order valence-corrected chi connectivity index (χ4v) is 10.2. The number of ketones is 1. The number of amides is 10. The lowest BCUT2D eigenvalue weighted by atomic mass is 10.0. The van der Waals surface area contributed by atoms with E-state index in [-0.39, 0.29) is 120 Å². The van der Waals surface area contributed by atoms with E-state index in [2.05, 4.69) is 52.5 Å². The summed E-state index contributed by atoms with van der Waals surface area (Å²) < 4.78 is 0. The number of nitrogens with zero attached hydrogens (tertiary/aromatic N) is 1. The zero-order valence-electron chi connectivity index (χ0n) is 50.3. The number of guanidine groups is 1. The number of benzene rings is 1. The number of unbranched alkanes of at least 4 members (excludes halogenated alkanes) is 4. The summed E-state index contributed by atoms with van der Waals surface area (Å²) in [5.74, 6) is -6.71. The van der Waals surface area contributed by atoms with Gasteiger partial charge >= 0.3 is 0 Å². The van der Waals surface area contributed by atoms with Gasteiger partial charge in [0.2, 0.25) is 59.1 Å². The molecule has 0 radical (unpaired) electrons. The maximum atomic E-state index is 14.7. The van der Waals surface area contributed by atoms with Gasteiger partial charge < -0.3 is 93.4 Å². The van der Waals surface area contributed by atoms with Gasteiger partial charge in [0.05, 0.1) is 11.8 Å². The van der Waals surface area contributed by atoms with Gasteiger partial charge in [-0.2, -0.15) is 23.5 Å². The van der Waals surface area contributed by atoms with Crippen LogP contribution >= 0.6 is 23.5 Å². The normalized spacial score (nSPS) is 13.9. The molecule has 29 nitrogen and oxygen atoms in total. The highest BCUT2D eigenvalue weighted by Crippen LogP contribution is 2.20. The third-order valence-corrected chi connectivity index (χ3v) is 15.6. The van der Waals surface area contributed by atoms with Crippen molar-refractivity contribution in [3.05, 3.63) is 36.0 Å². The van der Waals surface area contributed by atoms with E-state index in [9.17, 15) is 52.7 Å². The second-order valence-electron chi connectivity index (χ2n) is 21.1. The van der Waals surface area contributed by atoms with E-state index >= 15 is 0 Å². The van der Waals surface area contributed by atoms with E-state index in [4.69, 9.17) is 45.9 Å². The Bertz CT molecular complexity index is 2550. The van der Waals surface area contributed by atoms with Crippen molar-refractivity contribution in [3.63, 3.8) is 0 Å². The number of carbonyl (C=O) groups excluding carboxylic acids is 11. The van der Waals surface area contributed by atoms with Gasteiger partial charge in [-0.25, -0.2) is 0 Å². The molecular formula is C56H96N18O11S2. The summed E-state index contributed by atoms with van der Waals surface area (Å²) in [5, 5.41) is 22.5. The van der Waals surface area contributed by atoms with Crippen molar-refractivity contribution in [2.75, 3.05) is 56.2 Å². The molecule has 1 heterocycles. The summed E-state index contributed by atoms with van der Waals surface area (Å²) in [6.07, 6.45) is 6.92. The smallest absolute Gasteiger partial charge is 0.243 e. The molecule has 10 amide bonds. The van der Waals surface area contributed by atoms with Crippen molar-refractivity contribution in [1.29, 1.82) is 0 Å². The molecule has 8 atom stereocenters. The molecule has 0 fully saturated rings. The molecule has 2 aromatic rings. The average molecular weight is 1260 g/mol. The van der Waals surface area contributed by atoms with Crippen molar-refractivity contribution in [1.82, 2.24) is 47.5 Å². The Hall–Kier alpha value is -7.06. The number of H-pyrrole nitrogens is 1. The molecule has 2 rings (SSSR count). The lowest BCUT2D eigenvalue weighted by Crippen LogP contribution is -2.60. The zero-order valence-corrected chi connectivity index (χ0v) is 51.9. The van der Waals surface area contributed by atoms with Crippen LogP contribution in [0.2, 0.25) is 0 Å². The van der Waals surface area contributed by atoms with Crippen molar-refractivity contribution in [3.8, 4) is 0 Å². The van der Waals surface area contributed by atoms with Crippen LogP contribution in [0.15, 0.2) is 35.5 Å². The number of hydrogen-bond donors (Lipinski definition) is 17. The monoisotopic (exact) mass is 1260 g/mol. The van der Waals surface area contributed by atoms with Crippen LogP contribution in [0.25, 0.3) is 10.9 Å². The highest BCUT2D eigenvalue weighted by molar-refractivity contribution is 8.00. The van der Waals surface area contributed by atoms with Crippen molar-refractivity contribution in [2.24, 2.45) is 50.9 Å². The Labute approximate surface area is 517 Å². The van der Waals surface area contributed by atoms with E-state index in [1.165, 1.54) is 30.4 Å². The lowest BCUT2D eigenvalue weighted by molar-refractivity contribution is -0.136. The zero-order chi connectivity index (χ0) is 64.7. The van der Waals surface area contributed by atoms with Gasteiger partial charge in [0.15, 0.2) is 5.96 Å². The number of aromatic nitrogens is 1. The van der Waals surface area contributed by atoms with Crippen LogP contribution in [-0.2, 0) is 59.2 Å². The van der Waals surface area contributed by atoms with Gasteiger partial charge in [0.1, 0.15) is 48.1 Å². The Morgan fingerprint density at radius 1 is 0.552 bits per heavy atom. The Kier molecular flexibility index (Phi) is 38.1. The predicted molar refractivity (Wildman–Crippen MR) is 338 cm³/mol. The fourth-order valence-electron chi connectivity index (χ4n) is 8.96. The Morgan fingerprint density at radius 3 is 1.51 bits per heavy atom. The maximum Gasteiger partial charge on any atom is 0.243 e. The number of fused-ring (bicyclic) bond motifs is 1. The molecule has 25 N–H and O–H groups in total. The van der Waals surface area contributed by atoms with Crippen LogP contribution in [0.5, 0.6) is 0 Å². The molecule has 0 aliphatic heterocycles. The predicted octanol–water partition coefficient (Wildman–Crippen LogP) is -3.02. The van der Waals surface area contributed by atoms with E-state index in [0.29, 0.717) is 62.9 Å². The number of Topliss-reactive ketones (excluding diaryl/α,β-unsaturated/α-hetero) is 1. The number of aromatic amines is 1. The summed E-state index contributed by atoms with van der Waals surface area (Å²) in [6.45, 7) is 2.27. The van der Waals surface area contributed by atoms with Gasteiger partial charge in [-0.1, -0.05) is 24.6 Å². The first-order valence-corrected chi connectivity index (χ1v) is 32.1. The molecule has 0 saturated heterocycles. The Morgan fingerprint density at radius 2 is 1.01 bits per heavy atom. The van der Waals surface area contributed by atoms with Crippen LogP contribution in [0.4, 0.5) is 0 Å². The van der Waals surface area contributed by atoms with Gasteiger partial charge in [-0.3, -0.25) is 57.7 Å². The number of para-hydroxylation sites is 1. The molecule has 488 valence electrons. The molecule has 1 aromatic carbocycles. The highest BCUT2D eigenvalue weighted by atomic mass is 32.2. The molecule has 0 saturated carbocycles. The minimum atomic E-state index is -1.35. The number of nitrogens with two attached hydrogens (primary N) is 8. The lowest BCUT2D eigenvalue weighted by Gasteiger charge is -2.28. The first kappa shape index (κ1) is 76.0. The third kappa shape index (κ3) is 31.4. The van der Waals surface area contributed by atoms with Crippen LogP contribution in [-0.4, -0.2) is 180 Å². The number of thioether (sulfide) groups is 2. The molecule has 87 heavy (non-hydrogen) atoms. The van der Waals surface area contributed by atoms with Gasteiger partial charge in [0, 0.05) is 55.2 Å². The van der Waals surface area contributed by atoms with Gasteiger partial charge in [-0.15, -0.1) is 0 Å². The molecule has 0 aliphatic carbocycles. The summed E-state index contributed by atoms with van der Waals surface area (Å²) in [7, 11) is 0. The first-order valence-electron chi connectivity index (χ1n) is 29.5. The van der Waals surface area contributed by atoms with Crippen molar-refractivity contribution >= 4 is 105 Å². The van der Waals surface area contributed by atoms with E-state index < -0.39 is 107 Å². The number of hydrogen-bond acceptors (Lipinski definition) is 18. The summed E-state index contributed by atoms with van der Waals surface area (Å²) >= 11 is 2.56. The SMILES string of the molecule is CSCCC(NC(=O)C(CCCCC(N)=O)NC(=O)C(CCCN=C(N)N)NC(=O)CCNC(=O)C(N)CSCC(C)=O)C(=O)NC(CCCCN)C(=O)NC(Cc1c[nH]c2ccccc12)C(=O)NC(CCCCN)C(=O)NC(CCCCN)C(N)=O. The minimum absolute atomic E-state index is 0.0102. The topological polar surface area (TPSA) is 520 Å². The van der Waals surface area contributed by atoms with Crippen LogP contribution in [0.1, 0.15) is 122 Å². The maximum absolute atomic E-state index is 14.7. The summed E-state index contributed by atoms with van der Waals surface area (Å²) in [5.41, 5.74) is 46.7. The highest BCUT2D eigenvalue weighted by Gasteiger charge is 2.35. The minimum Gasteiger partial charge on any atom is -0.370 e. The summed E-state index contributed by atoms with van der Waals surface area (Å²) in [6, 6.07) is -2.43. The first-order chi connectivity index (χ1) is 41.5.